The van der Waals surface area contributed by atoms with Gasteiger partial charge in [0.25, 0.3) is 11.7 Å². The van der Waals surface area contributed by atoms with E-state index in [0.29, 0.717) is 22.6 Å². The lowest BCUT2D eigenvalue weighted by atomic mass is 9.87. The summed E-state index contributed by atoms with van der Waals surface area (Å²) in [6.07, 6.45) is 0. The quantitative estimate of drug-likeness (QED) is 0.777. The first-order valence-electron chi connectivity index (χ1n) is 8.26. The predicted octanol–water partition coefficient (Wildman–Crippen LogP) is 1.93. The monoisotopic (exact) mass is 364 g/mol. The van der Waals surface area contributed by atoms with Crippen molar-refractivity contribution in [1.82, 2.24) is 4.90 Å². The Morgan fingerprint density at radius 3 is 2.33 bits per heavy atom. The Kier molecular flexibility index (Phi) is 3.62. The van der Waals surface area contributed by atoms with Crippen molar-refractivity contribution in [2.75, 3.05) is 14.2 Å². The Morgan fingerprint density at radius 1 is 0.926 bits per heavy atom. The number of rotatable bonds is 3. The number of carbonyl (C=O) groups is 3. The molecule has 0 radical (unpaired) electrons. The minimum absolute atomic E-state index is 0.156. The van der Waals surface area contributed by atoms with E-state index in [1.165, 1.54) is 25.2 Å². The number of amidine groups is 1. The lowest BCUT2D eigenvalue weighted by Crippen LogP contribution is -2.55. The molecule has 2 aromatic carbocycles. The fourth-order valence-electron chi connectivity index (χ4n) is 3.47. The molecule has 0 fully saturated rings. The molecule has 4 rings (SSSR count). The molecule has 2 aliphatic heterocycles. The smallest absolute Gasteiger partial charge is 0.301 e. The van der Waals surface area contributed by atoms with Gasteiger partial charge in [0, 0.05) is 11.1 Å². The number of carbonyl (C=O) groups excluding carboxylic acids is 3. The number of methoxy groups -OCH3 is 2. The maximum atomic E-state index is 12.9. The molecule has 7 heteroatoms. The standard InChI is InChI=1S/C20H16N2O5/c1-20(11-5-4-6-12(9-11)26-2)19(25)21-17-15-10-13(27-3)7-8-14(15)16(23)18(24)22(17)20/h4-10H,1-3H3. The van der Waals surface area contributed by atoms with Crippen LogP contribution in [0.15, 0.2) is 47.5 Å². The largest absolute Gasteiger partial charge is 0.497 e. The Balaban J connectivity index is 1.92. The van der Waals surface area contributed by atoms with Gasteiger partial charge in [-0.25, -0.2) is 0 Å². The third-order valence-electron chi connectivity index (χ3n) is 5.02. The van der Waals surface area contributed by atoms with Crippen molar-refractivity contribution in [2.24, 2.45) is 4.99 Å². The van der Waals surface area contributed by atoms with Crippen LogP contribution in [0.1, 0.15) is 28.4 Å². The second-order valence-corrected chi connectivity index (χ2v) is 6.43. The molecule has 0 aromatic heterocycles. The summed E-state index contributed by atoms with van der Waals surface area (Å²) in [4.78, 5) is 43.8. The summed E-state index contributed by atoms with van der Waals surface area (Å²) in [5.41, 5.74) is -0.312. The van der Waals surface area contributed by atoms with E-state index in [9.17, 15) is 14.4 Å². The van der Waals surface area contributed by atoms with E-state index in [0.717, 1.165) is 0 Å². The molecule has 1 atom stereocenters. The first-order valence-corrected chi connectivity index (χ1v) is 8.26. The van der Waals surface area contributed by atoms with Crippen molar-refractivity contribution in [3.05, 3.63) is 59.2 Å². The van der Waals surface area contributed by atoms with E-state index in [1.54, 1.807) is 43.3 Å². The van der Waals surface area contributed by atoms with Gasteiger partial charge in [-0.2, -0.15) is 4.99 Å². The number of nitrogens with zero attached hydrogens (tertiary/aromatic N) is 2. The molecular weight excluding hydrogens is 348 g/mol. The van der Waals surface area contributed by atoms with Gasteiger partial charge < -0.3 is 9.47 Å². The van der Waals surface area contributed by atoms with E-state index in [2.05, 4.69) is 4.99 Å². The molecular formula is C20H16N2O5. The second kappa shape index (κ2) is 5.77. The minimum atomic E-state index is -1.43. The summed E-state index contributed by atoms with van der Waals surface area (Å²) in [5.74, 6) is -0.807. The van der Waals surface area contributed by atoms with Crippen LogP contribution >= 0.6 is 0 Å². The van der Waals surface area contributed by atoms with Crippen molar-refractivity contribution in [2.45, 2.75) is 12.5 Å². The number of ether oxygens (including phenoxy) is 2. The van der Waals surface area contributed by atoms with Crippen LogP contribution in [0.5, 0.6) is 11.5 Å². The predicted molar refractivity (Wildman–Crippen MR) is 96.1 cm³/mol. The third-order valence-corrected chi connectivity index (χ3v) is 5.02. The van der Waals surface area contributed by atoms with Crippen LogP contribution in [0.3, 0.4) is 0 Å². The molecule has 2 aliphatic rings. The van der Waals surface area contributed by atoms with E-state index in [4.69, 9.17) is 9.47 Å². The van der Waals surface area contributed by atoms with Gasteiger partial charge in [-0.3, -0.25) is 19.3 Å². The third kappa shape index (κ3) is 2.21. The van der Waals surface area contributed by atoms with Gasteiger partial charge >= 0.3 is 5.91 Å². The van der Waals surface area contributed by atoms with Gasteiger partial charge in [-0.15, -0.1) is 0 Å². The van der Waals surface area contributed by atoms with Gasteiger partial charge in [0.1, 0.15) is 17.3 Å². The molecule has 0 aliphatic carbocycles. The number of benzene rings is 2. The second-order valence-electron chi connectivity index (χ2n) is 6.43. The van der Waals surface area contributed by atoms with E-state index >= 15 is 0 Å². The molecule has 0 bridgehead atoms. The SMILES string of the molecule is COc1cccc(C2(C)C(=O)N=C3c4cc(OC)ccc4C(=O)C(=O)N32)c1. The van der Waals surface area contributed by atoms with Crippen LogP contribution < -0.4 is 9.47 Å². The zero-order valence-electron chi connectivity index (χ0n) is 15.0. The molecule has 0 spiro atoms. The number of fused-ring (bicyclic) bond motifs is 3. The first-order chi connectivity index (χ1) is 12.9. The highest BCUT2D eigenvalue weighted by Gasteiger charge is 2.55. The summed E-state index contributed by atoms with van der Waals surface area (Å²) in [7, 11) is 3.01. The van der Waals surface area contributed by atoms with Crippen LogP contribution in [0.25, 0.3) is 0 Å². The normalized spacial score (nSPS) is 20.9. The highest BCUT2D eigenvalue weighted by molar-refractivity contribution is 6.51. The maximum Gasteiger partial charge on any atom is 0.301 e. The van der Waals surface area contributed by atoms with Gasteiger partial charge in [0.15, 0.2) is 5.54 Å². The first kappa shape index (κ1) is 17.0. The number of ketones is 1. The van der Waals surface area contributed by atoms with Gasteiger partial charge in [0.05, 0.1) is 14.2 Å². The van der Waals surface area contributed by atoms with Gasteiger partial charge in [-0.1, -0.05) is 12.1 Å². The zero-order chi connectivity index (χ0) is 19.3. The molecule has 0 saturated heterocycles. The number of hydrogen-bond acceptors (Lipinski definition) is 5. The average molecular weight is 364 g/mol. The maximum absolute atomic E-state index is 12.9. The number of amides is 2. The highest BCUT2D eigenvalue weighted by Crippen LogP contribution is 2.41. The van der Waals surface area contributed by atoms with Crippen molar-refractivity contribution >= 4 is 23.4 Å². The minimum Gasteiger partial charge on any atom is -0.497 e. The molecule has 7 nitrogen and oxygen atoms in total. The molecule has 1 unspecified atom stereocenters. The Labute approximate surface area is 155 Å². The Morgan fingerprint density at radius 2 is 1.63 bits per heavy atom. The molecule has 2 heterocycles. The van der Waals surface area contributed by atoms with E-state index in [1.807, 2.05) is 0 Å². The van der Waals surface area contributed by atoms with Crippen LogP contribution in [0.4, 0.5) is 0 Å². The molecule has 2 amide bonds. The summed E-state index contributed by atoms with van der Waals surface area (Å²) in [5, 5.41) is 0. The van der Waals surface area contributed by atoms with Crippen molar-refractivity contribution < 1.29 is 23.9 Å². The summed E-state index contributed by atoms with van der Waals surface area (Å²) < 4.78 is 10.4. The van der Waals surface area contributed by atoms with Crippen LogP contribution in [-0.4, -0.2) is 42.6 Å². The molecule has 0 saturated carbocycles. The Bertz CT molecular complexity index is 1040. The summed E-state index contributed by atoms with van der Waals surface area (Å²) >= 11 is 0. The van der Waals surface area contributed by atoms with Crippen LogP contribution in [0.2, 0.25) is 0 Å². The zero-order valence-corrected chi connectivity index (χ0v) is 15.0. The van der Waals surface area contributed by atoms with Crippen molar-refractivity contribution in [3.63, 3.8) is 0 Å². The van der Waals surface area contributed by atoms with Gasteiger partial charge in [0.2, 0.25) is 0 Å². The van der Waals surface area contributed by atoms with Crippen molar-refractivity contribution in [3.8, 4) is 11.5 Å². The number of Topliss-reactive ketones (excluding diaryl/α,β-unsaturated/α-hetero) is 1. The molecule has 2 aromatic rings. The topological polar surface area (TPSA) is 85.3 Å². The molecule has 136 valence electrons. The number of hydrogen-bond donors (Lipinski definition) is 0. The highest BCUT2D eigenvalue weighted by atomic mass is 16.5. The van der Waals surface area contributed by atoms with Gasteiger partial charge in [-0.05, 0) is 42.8 Å². The van der Waals surface area contributed by atoms with E-state index < -0.39 is 23.1 Å². The fraction of sp³-hybridized carbons (Fsp3) is 0.200. The fourth-order valence-corrected chi connectivity index (χ4v) is 3.47. The lowest BCUT2D eigenvalue weighted by Gasteiger charge is -2.36. The van der Waals surface area contributed by atoms with E-state index in [-0.39, 0.29) is 11.4 Å². The molecule has 27 heavy (non-hydrogen) atoms. The van der Waals surface area contributed by atoms with Crippen LogP contribution in [0, 0.1) is 0 Å². The summed E-state index contributed by atoms with van der Waals surface area (Å²) in [6, 6.07) is 11.5. The average Bonchev–Trinajstić information content (AvgIpc) is 2.98. The van der Waals surface area contributed by atoms with Crippen molar-refractivity contribution in [1.29, 1.82) is 0 Å². The Hall–Kier alpha value is -3.48. The lowest BCUT2D eigenvalue weighted by molar-refractivity contribution is -0.135. The number of aliphatic imine (C=N–C) groups is 1. The molecule has 0 N–H and O–H groups in total. The summed E-state index contributed by atoms with van der Waals surface area (Å²) in [6.45, 7) is 1.58. The van der Waals surface area contributed by atoms with Crippen LogP contribution in [-0.2, 0) is 15.1 Å².